The molecule has 2 nitrogen and oxygen atoms in total. The fourth-order valence-electron chi connectivity index (χ4n) is 5.58. The van der Waals surface area contributed by atoms with E-state index in [0.717, 1.165) is 35.1 Å². The van der Waals surface area contributed by atoms with E-state index < -0.39 is 11.2 Å². The quantitative estimate of drug-likeness (QED) is 0.296. The van der Waals surface area contributed by atoms with Crippen LogP contribution in [0, 0.1) is 27.7 Å². The predicted molar refractivity (Wildman–Crippen MR) is 138 cm³/mol. The molecule has 4 aromatic carbocycles. The van der Waals surface area contributed by atoms with Gasteiger partial charge in [0.1, 0.15) is 0 Å². The van der Waals surface area contributed by atoms with Gasteiger partial charge in [-0.3, -0.25) is 0 Å². The molecule has 1 saturated heterocycles. The fourth-order valence-corrected chi connectivity index (χ4v) is 5.58. The summed E-state index contributed by atoms with van der Waals surface area (Å²) < 4.78 is 0. The summed E-state index contributed by atoms with van der Waals surface area (Å²) in [6, 6.07) is 34.2. The maximum Gasteiger partial charge on any atom is 0.154 e. The summed E-state index contributed by atoms with van der Waals surface area (Å²) in [7, 11) is 0. The zero-order valence-corrected chi connectivity index (χ0v) is 20.5. The van der Waals surface area contributed by atoms with Crippen molar-refractivity contribution in [3.63, 3.8) is 0 Å². The average molecular weight is 449 g/mol. The molecule has 2 heteroatoms. The molecule has 172 valence electrons. The van der Waals surface area contributed by atoms with Gasteiger partial charge in [0.2, 0.25) is 0 Å². The summed E-state index contributed by atoms with van der Waals surface area (Å²) in [4.78, 5) is 13.3. The van der Waals surface area contributed by atoms with E-state index in [0.29, 0.717) is 0 Å². The molecule has 2 unspecified atom stereocenters. The minimum Gasteiger partial charge on any atom is -0.219 e. The monoisotopic (exact) mass is 448 g/mol. The molecule has 0 bridgehead atoms. The molecular formula is C32H32O2. The largest absolute Gasteiger partial charge is 0.219 e. The first-order valence-corrected chi connectivity index (χ1v) is 12.1. The van der Waals surface area contributed by atoms with Crippen LogP contribution in [0.2, 0.25) is 0 Å². The van der Waals surface area contributed by atoms with Crippen molar-refractivity contribution in [3.8, 4) is 0 Å². The molecule has 0 amide bonds. The van der Waals surface area contributed by atoms with Gasteiger partial charge in [0.05, 0.1) is 0 Å². The molecule has 0 radical (unpaired) electrons. The van der Waals surface area contributed by atoms with Gasteiger partial charge in [-0.2, -0.15) is 0 Å². The van der Waals surface area contributed by atoms with Crippen molar-refractivity contribution in [2.45, 2.75) is 51.7 Å². The third kappa shape index (κ3) is 3.77. The van der Waals surface area contributed by atoms with Crippen molar-refractivity contribution in [2.24, 2.45) is 0 Å². The van der Waals surface area contributed by atoms with Crippen LogP contribution in [-0.2, 0) is 21.0 Å². The Morgan fingerprint density at radius 2 is 0.882 bits per heavy atom. The van der Waals surface area contributed by atoms with Crippen LogP contribution in [0.15, 0.2) is 97.1 Å². The highest BCUT2D eigenvalue weighted by Gasteiger charge is 2.50. The summed E-state index contributed by atoms with van der Waals surface area (Å²) in [5, 5.41) is 0. The van der Waals surface area contributed by atoms with E-state index in [1.54, 1.807) is 0 Å². The molecule has 2 atom stereocenters. The van der Waals surface area contributed by atoms with Gasteiger partial charge in [-0.15, -0.1) is 0 Å². The Balaban J connectivity index is 1.66. The second-order valence-electron chi connectivity index (χ2n) is 9.69. The maximum atomic E-state index is 6.67. The molecule has 1 heterocycles. The lowest BCUT2D eigenvalue weighted by atomic mass is 9.73. The van der Waals surface area contributed by atoms with Gasteiger partial charge >= 0.3 is 0 Å². The zero-order chi connectivity index (χ0) is 23.8. The molecular weight excluding hydrogens is 416 g/mol. The first kappa shape index (κ1) is 22.6. The second kappa shape index (κ2) is 8.87. The molecule has 0 N–H and O–H groups in total. The van der Waals surface area contributed by atoms with E-state index in [-0.39, 0.29) is 0 Å². The highest BCUT2D eigenvalue weighted by molar-refractivity contribution is 5.46. The van der Waals surface area contributed by atoms with Crippen LogP contribution in [-0.4, -0.2) is 0 Å². The molecule has 0 aliphatic carbocycles. The van der Waals surface area contributed by atoms with Crippen molar-refractivity contribution < 1.29 is 9.78 Å². The number of benzene rings is 4. The molecule has 1 aliphatic rings. The van der Waals surface area contributed by atoms with Crippen molar-refractivity contribution in [1.29, 1.82) is 0 Å². The minimum atomic E-state index is -0.671. The Hall–Kier alpha value is -3.20. The number of hydrogen-bond donors (Lipinski definition) is 0. The van der Waals surface area contributed by atoms with Crippen LogP contribution in [0.1, 0.15) is 57.3 Å². The highest BCUT2D eigenvalue weighted by Crippen LogP contribution is 2.52. The fraction of sp³-hybridized carbons (Fsp3) is 0.250. The van der Waals surface area contributed by atoms with Gasteiger partial charge in [0, 0.05) is 0 Å². The molecule has 0 aromatic heterocycles. The molecule has 0 saturated carbocycles. The Morgan fingerprint density at radius 1 is 0.500 bits per heavy atom. The van der Waals surface area contributed by atoms with Crippen molar-refractivity contribution in [3.05, 3.63) is 142 Å². The number of hydrogen-bond acceptors (Lipinski definition) is 2. The summed E-state index contributed by atoms with van der Waals surface area (Å²) >= 11 is 0. The van der Waals surface area contributed by atoms with E-state index in [1.165, 1.54) is 22.3 Å². The molecule has 1 fully saturated rings. The third-order valence-corrected chi connectivity index (χ3v) is 7.27. The van der Waals surface area contributed by atoms with E-state index in [1.807, 2.05) is 12.1 Å². The Labute approximate surface area is 203 Å². The first-order valence-electron chi connectivity index (χ1n) is 12.1. The Kier molecular flexibility index (Phi) is 5.89. The van der Waals surface area contributed by atoms with Crippen LogP contribution < -0.4 is 0 Å². The Bertz CT molecular complexity index is 1180. The van der Waals surface area contributed by atoms with Gasteiger partial charge in [0.15, 0.2) is 11.2 Å². The van der Waals surface area contributed by atoms with E-state index in [9.17, 15) is 0 Å². The van der Waals surface area contributed by atoms with Crippen LogP contribution in [0.5, 0.6) is 0 Å². The minimum absolute atomic E-state index is 0.671. The normalized spacial score (nSPS) is 22.5. The lowest BCUT2D eigenvalue weighted by Gasteiger charge is -2.47. The van der Waals surface area contributed by atoms with Crippen molar-refractivity contribution in [1.82, 2.24) is 0 Å². The van der Waals surface area contributed by atoms with Crippen LogP contribution >= 0.6 is 0 Å². The van der Waals surface area contributed by atoms with Crippen LogP contribution in [0.4, 0.5) is 0 Å². The summed E-state index contributed by atoms with van der Waals surface area (Å²) in [6.45, 7) is 8.59. The summed E-state index contributed by atoms with van der Waals surface area (Å²) in [5.41, 5.74) is 8.13. The van der Waals surface area contributed by atoms with Gasteiger partial charge in [-0.1, -0.05) is 108 Å². The standard InChI is InChI=1S/C32H32O2/c1-23-15-17-29(25(3)21-23)31(27-11-7-5-8-12-27)19-20-32(34-33-31,28-13-9-6-10-14-28)30-18-16-24(2)22-26(30)4/h5-18,21-22H,19-20H2,1-4H3. The second-order valence-corrected chi connectivity index (χ2v) is 9.69. The average Bonchev–Trinajstić information content (AvgIpc) is 2.85. The first-order chi connectivity index (χ1) is 16.4. The lowest BCUT2D eigenvalue weighted by molar-refractivity contribution is -0.432. The van der Waals surface area contributed by atoms with Crippen molar-refractivity contribution in [2.75, 3.05) is 0 Å². The molecule has 0 spiro atoms. The van der Waals surface area contributed by atoms with E-state index in [2.05, 4.69) is 113 Å². The maximum absolute atomic E-state index is 6.67. The van der Waals surface area contributed by atoms with Gasteiger partial charge in [0.25, 0.3) is 0 Å². The van der Waals surface area contributed by atoms with Crippen LogP contribution in [0.3, 0.4) is 0 Å². The number of rotatable bonds is 4. The SMILES string of the molecule is Cc1ccc(C2(c3ccccc3)CCC(c3ccccc3)(c3ccc(C)cc3C)OO2)c(C)c1. The van der Waals surface area contributed by atoms with E-state index >= 15 is 0 Å². The third-order valence-electron chi connectivity index (χ3n) is 7.27. The smallest absolute Gasteiger partial charge is 0.154 e. The van der Waals surface area contributed by atoms with Crippen molar-refractivity contribution >= 4 is 0 Å². The molecule has 1 aliphatic heterocycles. The van der Waals surface area contributed by atoms with Gasteiger partial charge < -0.3 is 0 Å². The molecule has 34 heavy (non-hydrogen) atoms. The Morgan fingerprint density at radius 3 is 1.21 bits per heavy atom. The number of aryl methyl sites for hydroxylation is 4. The summed E-state index contributed by atoms with van der Waals surface area (Å²) in [5.74, 6) is 0. The molecule has 5 rings (SSSR count). The predicted octanol–water partition coefficient (Wildman–Crippen LogP) is 7.85. The highest BCUT2D eigenvalue weighted by atomic mass is 17.2. The summed E-state index contributed by atoms with van der Waals surface area (Å²) in [6.07, 6.45) is 1.59. The zero-order valence-electron chi connectivity index (χ0n) is 20.5. The molecule has 4 aromatic rings. The topological polar surface area (TPSA) is 18.5 Å². The van der Waals surface area contributed by atoms with Gasteiger partial charge in [-0.05, 0) is 73.9 Å². The van der Waals surface area contributed by atoms with Crippen LogP contribution in [0.25, 0.3) is 0 Å². The lowest BCUT2D eigenvalue weighted by Crippen LogP contribution is -2.45. The van der Waals surface area contributed by atoms with E-state index in [4.69, 9.17) is 9.78 Å². The van der Waals surface area contributed by atoms with Gasteiger partial charge in [-0.25, -0.2) is 9.78 Å².